The molecule has 2 nitrogen and oxygen atoms in total. The molecule has 1 N–H and O–H groups in total. The summed E-state index contributed by atoms with van der Waals surface area (Å²) in [5.41, 5.74) is 2.35. The Labute approximate surface area is 105 Å². The summed E-state index contributed by atoms with van der Waals surface area (Å²) in [7, 11) is 1.73. The molecule has 2 heteroatoms. The standard InChI is InChI=1S/C15H25NO/c1-5-7-13(8-6-2)16-14-10-9-12(3)11-15(14)17-4/h9-11,13,16H,5-8H2,1-4H3. The van der Waals surface area contributed by atoms with Crippen LogP contribution in [-0.4, -0.2) is 13.2 Å². The zero-order valence-electron chi connectivity index (χ0n) is 11.5. The van der Waals surface area contributed by atoms with Crippen molar-refractivity contribution in [1.82, 2.24) is 0 Å². The van der Waals surface area contributed by atoms with Gasteiger partial charge in [0.05, 0.1) is 12.8 Å². The van der Waals surface area contributed by atoms with Gasteiger partial charge in [-0.3, -0.25) is 0 Å². The maximum atomic E-state index is 5.42. The Hall–Kier alpha value is -1.18. The molecule has 1 aromatic rings. The molecule has 0 aliphatic carbocycles. The maximum absolute atomic E-state index is 5.42. The average Bonchev–Trinajstić information content (AvgIpc) is 2.32. The summed E-state index contributed by atoms with van der Waals surface area (Å²) in [6, 6.07) is 6.88. The van der Waals surface area contributed by atoms with Crippen molar-refractivity contribution in [3.05, 3.63) is 23.8 Å². The van der Waals surface area contributed by atoms with Gasteiger partial charge in [-0.1, -0.05) is 32.8 Å². The van der Waals surface area contributed by atoms with Crippen molar-refractivity contribution in [2.75, 3.05) is 12.4 Å². The van der Waals surface area contributed by atoms with Crippen molar-refractivity contribution < 1.29 is 4.74 Å². The average molecular weight is 235 g/mol. The van der Waals surface area contributed by atoms with Crippen LogP contribution in [-0.2, 0) is 0 Å². The van der Waals surface area contributed by atoms with E-state index in [-0.39, 0.29) is 0 Å². The predicted molar refractivity (Wildman–Crippen MR) is 75.0 cm³/mol. The lowest BCUT2D eigenvalue weighted by molar-refractivity contribution is 0.415. The molecule has 0 aliphatic rings. The van der Waals surface area contributed by atoms with Crippen LogP contribution in [0.25, 0.3) is 0 Å². The number of hydrogen-bond donors (Lipinski definition) is 1. The Morgan fingerprint density at radius 3 is 2.35 bits per heavy atom. The summed E-state index contributed by atoms with van der Waals surface area (Å²) in [6.07, 6.45) is 4.85. The molecule has 0 spiro atoms. The third kappa shape index (κ3) is 4.29. The molecule has 0 aliphatic heterocycles. The molecule has 0 amide bonds. The largest absolute Gasteiger partial charge is 0.495 e. The number of benzene rings is 1. The van der Waals surface area contributed by atoms with Crippen molar-refractivity contribution in [3.63, 3.8) is 0 Å². The van der Waals surface area contributed by atoms with E-state index in [4.69, 9.17) is 4.74 Å². The second-order valence-electron chi connectivity index (χ2n) is 4.62. The van der Waals surface area contributed by atoms with E-state index in [1.54, 1.807) is 7.11 Å². The minimum atomic E-state index is 0.557. The normalized spacial score (nSPS) is 10.6. The lowest BCUT2D eigenvalue weighted by Gasteiger charge is -2.20. The number of aryl methyl sites for hydroxylation is 1. The number of ether oxygens (including phenoxy) is 1. The van der Waals surface area contributed by atoms with Crippen molar-refractivity contribution in [1.29, 1.82) is 0 Å². The Morgan fingerprint density at radius 1 is 1.18 bits per heavy atom. The Kier molecular flexibility index (Phi) is 5.88. The smallest absolute Gasteiger partial charge is 0.142 e. The highest BCUT2D eigenvalue weighted by atomic mass is 16.5. The lowest BCUT2D eigenvalue weighted by Crippen LogP contribution is -2.19. The number of anilines is 1. The summed E-state index contributed by atoms with van der Waals surface area (Å²) in [6.45, 7) is 6.55. The summed E-state index contributed by atoms with van der Waals surface area (Å²) in [4.78, 5) is 0. The number of methoxy groups -OCH3 is 1. The first-order valence-corrected chi connectivity index (χ1v) is 6.62. The topological polar surface area (TPSA) is 21.3 Å². The molecule has 96 valence electrons. The zero-order chi connectivity index (χ0) is 12.7. The fraction of sp³-hybridized carbons (Fsp3) is 0.600. The van der Waals surface area contributed by atoms with Gasteiger partial charge in [0.2, 0.25) is 0 Å². The minimum absolute atomic E-state index is 0.557. The predicted octanol–water partition coefficient (Wildman–Crippen LogP) is 4.38. The first kappa shape index (κ1) is 13.9. The van der Waals surface area contributed by atoms with Crippen LogP contribution in [0.1, 0.15) is 45.1 Å². The summed E-state index contributed by atoms with van der Waals surface area (Å²) in [5, 5.41) is 3.60. The van der Waals surface area contributed by atoms with Gasteiger partial charge in [0.15, 0.2) is 0 Å². The molecule has 0 aromatic heterocycles. The van der Waals surface area contributed by atoms with Gasteiger partial charge >= 0.3 is 0 Å². The second kappa shape index (κ2) is 7.21. The van der Waals surface area contributed by atoms with Crippen molar-refractivity contribution in [3.8, 4) is 5.75 Å². The monoisotopic (exact) mass is 235 g/mol. The summed E-state index contributed by atoms with van der Waals surface area (Å²) < 4.78 is 5.42. The molecule has 0 heterocycles. The minimum Gasteiger partial charge on any atom is -0.495 e. The summed E-state index contributed by atoms with van der Waals surface area (Å²) in [5.74, 6) is 0.946. The number of rotatable bonds is 7. The van der Waals surface area contributed by atoms with E-state index in [0.29, 0.717) is 6.04 Å². The Morgan fingerprint density at radius 2 is 1.82 bits per heavy atom. The van der Waals surface area contributed by atoms with E-state index in [0.717, 1.165) is 11.4 Å². The highest BCUT2D eigenvalue weighted by Crippen LogP contribution is 2.27. The van der Waals surface area contributed by atoms with Crippen LogP contribution in [0.5, 0.6) is 5.75 Å². The molecule has 1 aromatic carbocycles. The Balaban J connectivity index is 2.76. The van der Waals surface area contributed by atoms with Gasteiger partial charge in [-0.05, 0) is 37.5 Å². The highest BCUT2D eigenvalue weighted by Gasteiger charge is 2.09. The fourth-order valence-corrected chi connectivity index (χ4v) is 2.12. The van der Waals surface area contributed by atoms with Gasteiger partial charge in [-0.2, -0.15) is 0 Å². The van der Waals surface area contributed by atoms with E-state index in [9.17, 15) is 0 Å². The van der Waals surface area contributed by atoms with Crippen molar-refractivity contribution in [2.24, 2.45) is 0 Å². The van der Waals surface area contributed by atoms with E-state index < -0.39 is 0 Å². The molecular weight excluding hydrogens is 210 g/mol. The maximum Gasteiger partial charge on any atom is 0.142 e. The first-order valence-electron chi connectivity index (χ1n) is 6.62. The van der Waals surface area contributed by atoms with Crippen LogP contribution >= 0.6 is 0 Å². The third-order valence-electron chi connectivity index (χ3n) is 2.99. The fourth-order valence-electron chi connectivity index (χ4n) is 2.12. The van der Waals surface area contributed by atoms with Gasteiger partial charge in [0.25, 0.3) is 0 Å². The van der Waals surface area contributed by atoms with Gasteiger partial charge in [-0.25, -0.2) is 0 Å². The van der Waals surface area contributed by atoms with Gasteiger partial charge < -0.3 is 10.1 Å². The molecular formula is C15H25NO. The molecule has 0 saturated carbocycles. The second-order valence-corrected chi connectivity index (χ2v) is 4.62. The van der Waals surface area contributed by atoms with Crippen LogP contribution in [0, 0.1) is 6.92 Å². The van der Waals surface area contributed by atoms with Crippen molar-refractivity contribution in [2.45, 2.75) is 52.5 Å². The van der Waals surface area contributed by atoms with Crippen LogP contribution in [0.3, 0.4) is 0 Å². The molecule has 0 bridgehead atoms. The van der Waals surface area contributed by atoms with E-state index >= 15 is 0 Å². The van der Waals surface area contributed by atoms with Crippen LogP contribution in [0.2, 0.25) is 0 Å². The molecule has 0 radical (unpaired) electrons. The first-order chi connectivity index (χ1) is 8.21. The van der Waals surface area contributed by atoms with Crippen LogP contribution in [0.15, 0.2) is 18.2 Å². The molecule has 0 atom stereocenters. The molecule has 0 saturated heterocycles. The van der Waals surface area contributed by atoms with Gasteiger partial charge in [0.1, 0.15) is 5.75 Å². The van der Waals surface area contributed by atoms with Crippen LogP contribution < -0.4 is 10.1 Å². The van der Waals surface area contributed by atoms with Gasteiger partial charge in [0, 0.05) is 6.04 Å². The van der Waals surface area contributed by atoms with Crippen LogP contribution in [0.4, 0.5) is 5.69 Å². The zero-order valence-corrected chi connectivity index (χ0v) is 11.5. The van der Waals surface area contributed by atoms with Gasteiger partial charge in [-0.15, -0.1) is 0 Å². The molecule has 0 unspecified atom stereocenters. The van der Waals surface area contributed by atoms with Crippen molar-refractivity contribution >= 4 is 5.69 Å². The van der Waals surface area contributed by atoms with E-state index in [1.165, 1.54) is 31.2 Å². The van der Waals surface area contributed by atoms with E-state index in [1.807, 2.05) is 0 Å². The Bertz CT molecular complexity index is 330. The van der Waals surface area contributed by atoms with E-state index in [2.05, 4.69) is 44.3 Å². The quantitative estimate of drug-likeness (QED) is 0.757. The molecule has 1 rings (SSSR count). The number of hydrogen-bond acceptors (Lipinski definition) is 2. The number of nitrogens with one attached hydrogen (secondary N) is 1. The third-order valence-corrected chi connectivity index (χ3v) is 2.99. The highest BCUT2D eigenvalue weighted by molar-refractivity contribution is 5.58. The lowest BCUT2D eigenvalue weighted by atomic mass is 10.1. The summed E-state index contributed by atoms with van der Waals surface area (Å²) >= 11 is 0. The molecule has 0 fully saturated rings. The SMILES string of the molecule is CCCC(CCC)Nc1ccc(C)cc1OC. The molecule has 17 heavy (non-hydrogen) atoms.